The van der Waals surface area contributed by atoms with Crippen molar-refractivity contribution >= 4 is 7.60 Å². The number of hydrogen-bond acceptors (Lipinski definition) is 4. The molecule has 0 aromatic carbocycles. The van der Waals surface area contributed by atoms with Gasteiger partial charge in [-0.1, -0.05) is 13.8 Å². The van der Waals surface area contributed by atoms with Crippen molar-refractivity contribution in [1.82, 2.24) is 4.90 Å². The topological polar surface area (TPSA) is 38.8 Å². The predicted molar refractivity (Wildman–Crippen MR) is 54.3 cm³/mol. The third-order valence-corrected chi connectivity index (χ3v) is 3.27. The summed E-state index contributed by atoms with van der Waals surface area (Å²) in [5.74, 6) is 0. The van der Waals surface area contributed by atoms with Crippen LogP contribution in [-0.4, -0.2) is 44.9 Å². The van der Waals surface area contributed by atoms with Crippen molar-refractivity contribution in [3.05, 3.63) is 0 Å². The van der Waals surface area contributed by atoms with Gasteiger partial charge in [0.25, 0.3) is 0 Å². The maximum Gasteiger partial charge on any atom is 0.327 e. The van der Waals surface area contributed by atoms with Crippen LogP contribution in [0.25, 0.3) is 0 Å². The Bertz CT molecular complexity index is 171. The lowest BCUT2D eigenvalue weighted by atomic mass is 10.5. The lowest BCUT2D eigenvalue weighted by Gasteiger charge is -2.19. The van der Waals surface area contributed by atoms with Crippen LogP contribution >= 0.6 is 7.60 Å². The standard InChI is InChI=1S/C8H20NO3P/c1-5-9(6-2)7-8-12-13(4,10)11-3/h5-8H2,1-4H3. The Hall–Kier alpha value is 0.110. The van der Waals surface area contributed by atoms with Crippen molar-refractivity contribution in [2.45, 2.75) is 13.8 Å². The fraction of sp³-hybridized carbons (Fsp3) is 1.00. The molecule has 0 rings (SSSR count). The zero-order valence-electron chi connectivity index (χ0n) is 8.95. The van der Waals surface area contributed by atoms with E-state index in [1.165, 1.54) is 13.8 Å². The number of likely N-dealkylation sites (N-methyl/N-ethyl adjacent to an activating group) is 1. The molecule has 0 aliphatic carbocycles. The minimum atomic E-state index is -2.78. The zero-order chi connectivity index (χ0) is 10.3. The maximum atomic E-state index is 11.3. The molecule has 1 atom stereocenters. The summed E-state index contributed by atoms with van der Waals surface area (Å²) in [4.78, 5) is 2.20. The van der Waals surface area contributed by atoms with Gasteiger partial charge in [-0.2, -0.15) is 0 Å². The fourth-order valence-corrected chi connectivity index (χ4v) is 1.45. The van der Waals surface area contributed by atoms with Crippen molar-refractivity contribution in [3.8, 4) is 0 Å². The molecule has 0 aromatic heterocycles. The summed E-state index contributed by atoms with van der Waals surface area (Å²) in [7, 11) is -1.38. The first-order valence-electron chi connectivity index (χ1n) is 4.55. The highest BCUT2D eigenvalue weighted by Gasteiger charge is 2.13. The van der Waals surface area contributed by atoms with Gasteiger partial charge in [-0.15, -0.1) is 0 Å². The lowest BCUT2D eigenvalue weighted by Crippen LogP contribution is -2.26. The van der Waals surface area contributed by atoms with Gasteiger partial charge >= 0.3 is 7.60 Å². The molecule has 0 spiro atoms. The molecule has 0 amide bonds. The van der Waals surface area contributed by atoms with Crippen molar-refractivity contribution in [1.29, 1.82) is 0 Å². The van der Waals surface area contributed by atoms with E-state index >= 15 is 0 Å². The van der Waals surface area contributed by atoms with Gasteiger partial charge in [-0.3, -0.25) is 4.57 Å². The third-order valence-electron chi connectivity index (χ3n) is 1.96. The average molecular weight is 209 g/mol. The second-order valence-electron chi connectivity index (χ2n) is 2.81. The first kappa shape index (κ1) is 13.1. The number of rotatable bonds is 7. The van der Waals surface area contributed by atoms with Gasteiger partial charge in [0.2, 0.25) is 0 Å². The summed E-state index contributed by atoms with van der Waals surface area (Å²) >= 11 is 0. The van der Waals surface area contributed by atoms with Crippen molar-refractivity contribution in [3.63, 3.8) is 0 Å². The highest BCUT2D eigenvalue weighted by molar-refractivity contribution is 7.52. The van der Waals surface area contributed by atoms with E-state index in [4.69, 9.17) is 9.05 Å². The van der Waals surface area contributed by atoms with Gasteiger partial charge in [0.05, 0.1) is 6.61 Å². The zero-order valence-corrected chi connectivity index (χ0v) is 9.84. The van der Waals surface area contributed by atoms with E-state index in [2.05, 4.69) is 18.7 Å². The van der Waals surface area contributed by atoms with Crippen LogP contribution < -0.4 is 0 Å². The molecule has 0 aliphatic heterocycles. The van der Waals surface area contributed by atoms with Crippen LogP contribution in [0.2, 0.25) is 0 Å². The van der Waals surface area contributed by atoms with Gasteiger partial charge in [-0.05, 0) is 13.1 Å². The van der Waals surface area contributed by atoms with Gasteiger partial charge in [0.15, 0.2) is 0 Å². The third kappa shape index (κ3) is 6.22. The highest BCUT2D eigenvalue weighted by atomic mass is 31.2. The number of nitrogens with zero attached hydrogens (tertiary/aromatic N) is 1. The Balaban J connectivity index is 3.60. The SMILES string of the molecule is CCN(CC)CCOP(C)(=O)OC. The van der Waals surface area contributed by atoms with Crippen LogP contribution in [0.15, 0.2) is 0 Å². The molecule has 1 unspecified atom stereocenters. The molecular formula is C8H20NO3P. The quantitative estimate of drug-likeness (QED) is 0.599. The molecule has 0 heterocycles. The number of hydrogen-bond donors (Lipinski definition) is 0. The highest BCUT2D eigenvalue weighted by Crippen LogP contribution is 2.42. The molecule has 0 bridgehead atoms. The molecule has 0 radical (unpaired) electrons. The van der Waals surface area contributed by atoms with Crippen LogP contribution in [-0.2, 0) is 13.6 Å². The molecular weight excluding hydrogens is 189 g/mol. The monoisotopic (exact) mass is 209 g/mol. The summed E-state index contributed by atoms with van der Waals surface area (Å²) in [6.45, 7) is 8.89. The summed E-state index contributed by atoms with van der Waals surface area (Å²) in [5, 5.41) is 0. The van der Waals surface area contributed by atoms with Crippen molar-refractivity contribution in [2.24, 2.45) is 0 Å². The Morgan fingerprint density at radius 2 is 1.85 bits per heavy atom. The Morgan fingerprint density at radius 1 is 1.31 bits per heavy atom. The molecule has 0 N–H and O–H groups in total. The van der Waals surface area contributed by atoms with Gasteiger partial charge in [0, 0.05) is 20.3 Å². The van der Waals surface area contributed by atoms with E-state index in [-0.39, 0.29) is 0 Å². The van der Waals surface area contributed by atoms with E-state index in [1.807, 2.05) is 0 Å². The van der Waals surface area contributed by atoms with Gasteiger partial charge < -0.3 is 13.9 Å². The summed E-state index contributed by atoms with van der Waals surface area (Å²) < 4.78 is 21.1. The lowest BCUT2D eigenvalue weighted by molar-refractivity contribution is 0.194. The van der Waals surface area contributed by atoms with E-state index in [0.717, 1.165) is 19.6 Å². The molecule has 0 fully saturated rings. The van der Waals surface area contributed by atoms with Crippen molar-refractivity contribution < 1.29 is 13.6 Å². The van der Waals surface area contributed by atoms with E-state index in [9.17, 15) is 4.57 Å². The minimum Gasteiger partial charge on any atom is -0.312 e. The molecule has 0 saturated carbocycles. The second kappa shape index (κ2) is 6.55. The Kier molecular flexibility index (Phi) is 6.60. The first-order chi connectivity index (χ1) is 6.05. The molecule has 13 heavy (non-hydrogen) atoms. The van der Waals surface area contributed by atoms with Crippen LogP contribution in [0.1, 0.15) is 13.8 Å². The normalized spacial score (nSPS) is 16.1. The van der Waals surface area contributed by atoms with Crippen LogP contribution in [0.4, 0.5) is 0 Å². The average Bonchev–Trinajstić information content (AvgIpc) is 2.12. The largest absolute Gasteiger partial charge is 0.327 e. The molecule has 0 saturated heterocycles. The summed E-state index contributed by atoms with van der Waals surface area (Å²) in [5.41, 5.74) is 0. The minimum absolute atomic E-state index is 0.462. The van der Waals surface area contributed by atoms with Gasteiger partial charge in [0.1, 0.15) is 0 Å². The molecule has 80 valence electrons. The van der Waals surface area contributed by atoms with E-state index in [0.29, 0.717) is 6.61 Å². The fourth-order valence-electron chi connectivity index (χ4n) is 0.928. The van der Waals surface area contributed by atoms with Gasteiger partial charge in [-0.25, -0.2) is 0 Å². The first-order valence-corrected chi connectivity index (χ1v) is 6.54. The van der Waals surface area contributed by atoms with Crippen LogP contribution in [0, 0.1) is 0 Å². The summed E-state index contributed by atoms with van der Waals surface area (Å²) in [6, 6.07) is 0. The maximum absolute atomic E-state index is 11.3. The molecule has 0 aliphatic rings. The Labute approximate surface area is 80.7 Å². The molecule has 5 heteroatoms. The van der Waals surface area contributed by atoms with E-state index in [1.54, 1.807) is 0 Å². The van der Waals surface area contributed by atoms with Crippen molar-refractivity contribution in [2.75, 3.05) is 40.0 Å². The molecule has 4 nitrogen and oxygen atoms in total. The van der Waals surface area contributed by atoms with Crippen LogP contribution in [0.5, 0.6) is 0 Å². The smallest absolute Gasteiger partial charge is 0.312 e. The Morgan fingerprint density at radius 3 is 2.23 bits per heavy atom. The van der Waals surface area contributed by atoms with Crippen LogP contribution in [0.3, 0.4) is 0 Å². The second-order valence-corrected chi connectivity index (χ2v) is 4.98. The predicted octanol–water partition coefficient (Wildman–Crippen LogP) is 1.81. The molecule has 0 aromatic rings. The summed E-state index contributed by atoms with van der Waals surface area (Å²) in [6.07, 6.45) is 0. The van der Waals surface area contributed by atoms with E-state index < -0.39 is 7.60 Å².